The van der Waals surface area contributed by atoms with Gasteiger partial charge in [0.15, 0.2) is 11.5 Å². The van der Waals surface area contributed by atoms with Gasteiger partial charge in [-0.3, -0.25) is 0 Å². The lowest BCUT2D eigenvalue weighted by molar-refractivity contribution is 0.0379. The molecule has 19 heavy (non-hydrogen) atoms. The molecule has 1 aliphatic heterocycles. The molecule has 3 heterocycles. The predicted molar refractivity (Wildman–Crippen MR) is 70.2 cm³/mol. The lowest BCUT2D eigenvalue weighted by Gasteiger charge is -2.36. The molecule has 0 atom stereocenters. The molecule has 0 unspecified atom stereocenters. The van der Waals surface area contributed by atoms with Crippen molar-refractivity contribution in [3.05, 3.63) is 11.6 Å². The molecular weight excluding hydrogens is 270 g/mol. The Kier molecular flexibility index (Phi) is 3.26. The molecule has 0 amide bonds. The zero-order chi connectivity index (χ0) is 13.3. The summed E-state index contributed by atoms with van der Waals surface area (Å²) < 4.78 is 5.33. The maximum absolute atomic E-state index is 9.67. The summed E-state index contributed by atoms with van der Waals surface area (Å²) in [6, 6.07) is 0. The Labute approximate surface area is 114 Å². The van der Waals surface area contributed by atoms with Gasteiger partial charge < -0.3 is 20.1 Å². The Balaban J connectivity index is 1.97. The first-order valence-electron chi connectivity index (χ1n) is 6.06. The fraction of sp³-hybridized carbons (Fsp3) is 0.545. The molecule has 102 valence electrons. The molecule has 0 saturated carbocycles. The van der Waals surface area contributed by atoms with E-state index in [0.717, 1.165) is 0 Å². The highest BCUT2D eigenvalue weighted by Crippen LogP contribution is 2.28. The van der Waals surface area contributed by atoms with Gasteiger partial charge in [-0.25, -0.2) is 4.98 Å². The molecule has 0 aliphatic carbocycles. The number of aliphatic hydroxyl groups excluding tert-OH is 1. The quantitative estimate of drug-likeness (QED) is 0.726. The van der Waals surface area contributed by atoms with Crippen LogP contribution in [0.25, 0.3) is 11.2 Å². The van der Waals surface area contributed by atoms with E-state index in [2.05, 4.69) is 25.3 Å². The predicted octanol–water partition coefficient (Wildman–Crippen LogP) is 0.960. The van der Waals surface area contributed by atoms with Gasteiger partial charge in [0.2, 0.25) is 5.28 Å². The molecule has 1 saturated heterocycles. The van der Waals surface area contributed by atoms with Gasteiger partial charge in [0.25, 0.3) is 0 Å². The number of nitrogens with zero attached hydrogens (tertiary/aromatic N) is 3. The second kappa shape index (κ2) is 4.92. The standard InChI is InChI=1S/C11H14ClN5O2/c12-10-15-8-7(13-6-14-8)9(16-10)17-11(5-18)1-3-19-4-2-11/h6,18H,1-5H2,(H2,13,14,15,16,17). The first-order chi connectivity index (χ1) is 9.22. The lowest BCUT2D eigenvalue weighted by Crippen LogP contribution is -2.47. The summed E-state index contributed by atoms with van der Waals surface area (Å²) in [6.07, 6.45) is 2.96. The number of aromatic nitrogens is 4. The molecule has 7 nitrogen and oxygen atoms in total. The van der Waals surface area contributed by atoms with Crippen molar-refractivity contribution in [3.63, 3.8) is 0 Å². The van der Waals surface area contributed by atoms with Crippen LogP contribution in [0, 0.1) is 0 Å². The van der Waals surface area contributed by atoms with Crippen molar-refractivity contribution in [3.8, 4) is 0 Å². The van der Waals surface area contributed by atoms with Gasteiger partial charge >= 0.3 is 0 Å². The summed E-state index contributed by atoms with van der Waals surface area (Å²) in [5.74, 6) is 0.559. The molecule has 1 fully saturated rings. The number of H-pyrrole nitrogens is 1. The highest BCUT2D eigenvalue weighted by Gasteiger charge is 2.33. The van der Waals surface area contributed by atoms with E-state index in [4.69, 9.17) is 16.3 Å². The molecule has 2 aromatic rings. The van der Waals surface area contributed by atoms with Crippen molar-refractivity contribution in [2.45, 2.75) is 18.4 Å². The van der Waals surface area contributed by atoms with Crippen LogP contribution >= 0.6 is 11.6 Å². The van der Waals surface area contributed by atoms with Crippen LogP contribution in [0.1, 0.15) is 12.8 Å². The van der Waals surface area contributed by atoms with Crippen LogP contribution in [0.4, 0.5) is 5.82 Å². The molecule has 0 spiro atoms. The van der Waals surface area contributed by atoms with Gasteiger partial charge in [0.05, 0.1) is 18.5 Å². The molecule has 0 aromatic carbocycles. The van der Waals surface area contributed by atoms with Gasteiger partial charge in [-0.15, -0.1) is 0 Å². The first-order valence-corrected chi connectivity index (χ1v) is 6.44. The number of hydrogen-bond acceptors (Lipinski definition) is 6. The Morgan fingerprint density at radius 3 is 2.95 bits per heavy atom. The third-order valence-electron chi connectivity index (χ3n) is 3.39. The SMILES string of the molecule is OCC1(Nc2nc(Cl)nc3nc[nH]c23)CCOCC1. The van der Waals surface area contributed by atoms with E-state index in [1.54, 1.807) is 0 Å². The number of anilines is 1. The normalized spacial score (nSPS) is 18.6. The monoisotopic (exact) mass is 283 g/mol. The topological polar surface area (TPSA) is 96.0 Å². The van der Waals surface area contributed by atoms with Crippen LogP contribution in [0.15, 0.2) is 6.33 Å². The smallest absolute Gasteiger partial charge is 0.226 e. The van der Waals surface area contributed by atoms with Crippen LogP contribution < -0.4 is 5.32 Å². The summed E-state index contributed by atoms with van der Waals surface area (Å²) in [5.41, 5.74) is 0.750. The highest BCUT2D eigenvalue weighted by atomic mass is 35.5. The van der Waals surface area contributed by atoms with Gasteiger partial charge in [-0.2, -0.15) is 9.97 Å². The number of ether oxygens (including phenoxy) is 1. The molecule has 1 aliphatic rings. The van der Waals surface area contributed by atoms with Crippen LogP contribution in [0.2, 0.25) is 5.28 Å². The lowest BCUT2D eigenvalue weighted by atomic mass is 9.91. The summed E-state index contributed by atoms with van der Waals surface area (Å²) >= 11 is 5.88. The number of halogens is 1. The molecule has 0 bridgehead atoms. The minimum atomic E-state index is -0.437. The fourth-order valence-electron chi connectivity index (χ4n) is 2.23. The maximum Gasteiger partial charge on any atom is 0.226 e. The largest absolute Gasteiger partial charge is 0.394 e. The molecule has 0 radical (unpaired) electrons. The molecule has 8 heteroatoms. The Morgan fingerprint density at radius 2 is 2.21 bits per heavy atom. The van der Waals surface area contributed by atoms with Gasteiger partial charge in [-0.05, 0) is 24.4 Å². The Bertz CT molecular complexity index is 581. The number of nitrogens with one attached hydrogen (secondary N) is 2. The van der Waals surface area contributed by atoms with E-state index in [-0.39, 0.29) is 11.9 Å². The van der Waals surface area contributed by atoms with E-state index in [9.17, 15) is 5.11 Å². The average Bonchev–Trinajstić information content (AvgIpc) is 2.88. The van der Waals surface area contributed by atoms with Gasteiger partial charge in [0, 0.05) is 13.2 Å². The van der Waals surface area contributed by atoms with Crippen LogP contribution in [0.5, 0.6) is 0 Å². The number of fused-ring (bicyclic) bond motifs is 1. The summed E-state index contributed by atoms with van der Waals surface area (Å²) in [6.45, 7) is 1.23. The van der Waals surface area contributed by atoms with Crippen molar-refractivity contribution in [2.75, 3.05) is 25.1 Å². The van der Waals surface area contributed by atoms with Gasteiger partial charge in [-0.1, -0.05) is 0 Å². The zero-order valence-corrected chi connectivity index (χ0v) is 10.9. The van der Waals surface area contributed by atoms with Crippen molar-refractivity contribution < 1.29 is 9.84 Å². The van der Waals surface area contributed by atoms with Crippen molar-refractivity contribution in [2.24, 2.45) is 0 Å². The average molecular weight is 284 g/mol. The Morgan fingerprint density at radius 1 is 1.42 bits per heavy atom. The number of rotatable bonds is 3. The van der Waals surface area contributed by atoms with E-state index in [0.29, 0.717) is 43.0 Å². The van der Waals surface area contributed by atoms with Gasteiger partial charge in [0.1, 0.15) is 5.52 Å². The van der Waals surface area contributed by atoms with E-state index in [1.807, 2.05) is 0 Å². The van der Waals surface area contributed by atoms with Crippen molar-refractivity contribution in [1.29, 1.82) is 0 Å². The van der Waals surface area contributed by atoms with E-state index < -0.39 is 5.54 Å². The molecule has 3 rings (SSSR count). The fourth-order valence-corrected chi connectivity index (χ4v) is 2.40. The zero-order valence-electron chi connectivity index (χ0n) is 10.2. The Hall–Kier alpha value is -1.44. The first kappa shape index (κ1) is 12.6. The van der Waals surface area contributed by atoms with Crippen molar-refractivity contribution in [1.82, 2.24) is 19.9 Å². The van der Waals surface area contributed by atoms with E-state index in [1.165, 1.54) is 6.33 Å². The second-order valence-electron chi connectivity index (χ2n) is 4.62. The maximum atomic E-state index is 9.67. The van der Waals surface area contributed by atoms with E-state index >= 15 is 0 Å². The molecule has 3 N–H and O–H groups in total. The summed E-state index contributed by atoms with van der Waals surface area (Å²) in [4.78, 5) is 15.2. The van der Waals surface area contributed by atoms with Crippen LogP contribution in [-0.2, 0) is 4.74 Å². The van der Waals surface area contributed by atoms with Crippen LogP contribution in [0.3, 0.4) is 0 Å². The highest BCUT2D eigenvalue weighted by molar-refractivity contribution is 6.28. The third-order valence-corrected chi connectivity index (χ3v) is 3.56. The molecular formula is C11H14ClN5O2. The third kappa shape index (κ3) is 2.36. The molecule has 2 aromatic heterocycles. The number of aromatic amines is 1. The minimum absolute atomic E-state index is 0.00755. The van der Waals surface area contributed by atoms with Crippen LogP contribution in [-0.4, -0.2) is 50.4 Å². The number of imidazole rings is 1. The van der Waals surface area contributed by atoms with Crippen molar-refractivity contribution >= 4 is 28.6 Å². The minimum Gasteiger partial charge on any atom is -0.394 e. The number of aliphatic hydroxyl groups is 1. The number of hydrogen-bond donors (Lipinski definition) is 3. The summed E-state index contributed by atoms with van der Waals surface area (Å²) in [5, 5.41) is 13.1. The summed E-state index contributed by atoms with van der Waals surface area (Å²) in [7, 11) is 0. The second-order valence-corrected chi connectivity index (χ2v) is 4.96.